The Labute approximate surface area is 154 Å². The third-order valence-electron chi connectivity index (χ3n) is 3.79. The Morgan fingerprint density at radius 2 is 1.24 bits per heavy atom. The lowest BCUT2D eigenvalue weighted by Gasteiger charge is -2.06. The van der Waals surface area contributed by atoms with Gasteiger partial charge in [0.1, 0.15) is 0 Å². The van der Waals surface area contributed by atoms with Crippen LogP contribution in [0.1, 0.15) is 71.6 Å². The van der Waals surface area contributed by atoms with Crippen molar-refractivity contribution in [1.29, 1.82) is 0 Å². The van der Waals surface area contributed by atoms with E-state index in [9.17, 15) is 4.79 Å². The fraction of sp³-hybridized carbons (Fsp3) is 0.522. The highest BCUT2D eigenvalue weighted by Crippen LogP contribution is 2.12. The zero-order valence-corrected chi connectivity index (χ0v) is 16.1. The highest BCUT2D eigenvalue weighted by Gasteiger charge is 2.13. The molecule has 1 unspecified atom stereocenters. The minimum Gasteiger partial charge on any atom is -0.481 e. The van der Waals surface area contributed by atoms with Crippen LogP contribution in [0.5, 0.6) is 0 Å². The van der Waals surface area contributed by atoms with E-state index in [1.165, 1.54) is 0 Å². The maximum absolute atomic E-state index is 11.0. The first-order valence-corrected chi connectivity index (χ1v) is 9.70. The molecular formula is C23H36O2. The van der Waals surface area contributed by atoms with Gasteiger partial charge in [0.15, 0.2) is 0 Å². The van der Waals surface area contributed by atoms with E-state index in [1.54, 1.807) is 0 Å². The molecule has 0 aliphatic heterocycles. The number of unbranched alkanes of at least 4 members (excludes halogenated alkanes) is 1. The van der Waals surface area contributed by atoms with E-state index in [0.29, 0.717) is 6.42 Å². The quantitative estimate of drug-likeness (QED) is 0.256. The normalized spacial score (nSPS) is 14.0. The molecule has 0 radical (unpaired) electrons. The standard InChI is InChI=1S/C23H36O2/c1-3-5-6-7-8-9-10-11-12-13-14-15-16-17-18-19-21-22(20-4-2)23(24)25/h5-6,8-9,11-12,14-15,18-19,22H,3-4,7,10,13,16-17,20-21H2,1-2H3,(H,24,25)/b6-5-,9-8-,12-11-,15-14-,19-18+. The maximum Gasteiger partial charge on any atom is 0.306 e. The first-order valence-electron chi connectivity index (χ1n) is 9.70. The lowest BCUT2D eigenvalue weighted by Crippen LogP contribution is -2.12. The second-order valence-electron chi connectivity index (χ2n) is 6.11. The molecule has 0 amide bonds. The summed E-state index contributed by atoms with van der Waals surface area (Å²) in [7, 11) is 0. The van der Waals surface area contributed by atoms with Gasteiger partial charge in [0.25, 0.3) is 0 Å². The Hall–Kier alpha value is -1.83. The van der Waals surface area contributed by atoms with Gasteiger partial charge in [0.05, 0.1) is 5.92 Å². The summed E-state index contributed by atoms with van der Waals surface area (Å²) >= 11 is 0. The van der Waals surface area contributed by atoms with Crippen LogP contribution in [0, 0.1) is 5.92 Å². The lowest BCUT2D eigenvalue weighted by molar-refractivity contribution is -0.141. The molecule has 0 aliphatic rings. The van der Waals surface area contributed by atoms with Crippen molar-refractivity contribution in [3.8, 4) is 0 Å². The fourth-order valence-electron chi connectivity index (χ4n) is 2.36. The van der Waals surface area contributed by atoms with Gasteiger partial charge in [-0.15, -0.1) is 0 Å². The summed E-state index contributed by atoms with van der Waals surface area (Å²) in [6.45, 7) is 4.18. The number of carboxylic acids is 1. The van der Waals surface area contributed by atoms with Crippen LogP contribution < -0.4 is 0 Å². The summed E-state index contributed by atoms with van der Waals surface area (Å²) in [6.07, 6.45) is 30.1. The Balaban J connectivity index is 3.65. The van der Waals surface area contributed by atoms with Crippen LogP contribution in [0.15, 0.2) is 60.8 Å². The number of aliphatic carboxylic acids is 1. The minimum atomic E-state index is -0.676. The molecule has 0 aliphatic carbocycles. The number of carbonyl (C=O) groups is 1. The van der Waals surface area contributed by atoms with Crippen molar-refractivity contribution in [1.82, 2.24) is 0 Å². The average Bonchev–Trinajstić information content (AvgIpc) is 2.60. The average molecular weight is 345 g/mol. The molecule has 0 saturated heterocycles. The fourth-order valence-corrected chi connectivity index (χ4v) is 2.36. The van der Waals surface area contributed by atoms with Gasteiger partial charge >= 0.3 is 5.97 Å². The summed E-state index contributed by atoms with van der Waals surface area (Å²) < 4.78 is 0. The molecule has 0 fully saturated rings. The number of hydrogen-bond acceptors (Lipinski definition) is 1. The number of hydrogen-bond donors (Lipinski definition) is 1. The van der Waals surface area contributed by atoms with Crippen molar-refractivity contribution < 1.29 is 9.90 Å². The van der Waals surface area contributed by atoms with Gasteiger partial charge in [0, 0.05) is 0 Å². The van der Waals surface area contributed by atoms with E-state index in [1.807, 2.05) is 13.0 Å². The molecule has 0 bridgehead atoms. The summed E-state index contributed by atoms with van der Waals surface area (Å²) in [6, 6.07) is 0. The molecule has 0 aromatic carbocycles. The molecule has 2 heteroatoms. The van der Waals surface area contributed by atoms with E-state index in [2.05, 4.69) is 61.6 Å². The van der Waals surface area contributed by atoms with Gasteiger partial charge in [0.2, 0.25) is 0 Å². The second-order valence-corrected chi connectivity index (χ2v) is 6.11. The third-order valence-corrected chi connectivity index (χ3v) is 3.79. The van der Waals surface area contributed by atoms with Crippen molar-refractivity contribution >= 4 is 5.97 Å². The van der Waals surface area contributed by atoms with Crippen LogP contribution in [0.4, 0.5) is 0 Å². The largest absolute Gasteiger partial charge is 0.481 e. The zero-order chi connectivity index (χ0) is 18.6. The van der Waals surface area contributed by atoms with Crippen LogP contribution in [0.2, 0.25) is 0 Å². The van der Waals surface area contributed by atoms with Crippen molar-refractivity contribution in [3.05, 3.63) is 60.8 Å². The summed E-state index contributed by atoms with van der Waals surface area (Å²) in [4.78, 5) is 11.0. The summed E-state index contributed by atoms with van der Waals surface area (Å²) in [5.74, 6) is -0.899. The Kier molecular flexibility index (Phi) is 17.2. The molecule has 1 atom stereocenters. The van der Waals surface area contributed by atoms with Crippen molar-refractivity contribution in [2.75, 3.05) is 0 Å². The van der Waals surface area contributed by atoms with Gasteiger partial charge in [-0.05, 0) is 51.4 Å². The smallest absolute Gasteiger partial charge is 0.306 e. The van der Waals surface area contributed by atoms with Crippen LogP contribution in [-0.4, -0.2) is 11.1 Å². The molecule has 0 heterocycles. The molecular weight excluding hydrogens is 308 g/mol. The van der Waals surface area contributed by atoms with Crippen LogP contribution in [-0.2, 0) is 4.79 Å². The minimum absolute atomic E-state index is 0.223. The van der Waals surface area contributed by atoms with Crippen molar-refractivity contribution in [2.24, 2.45) is 5.92 Å². The van der Waals surface area contributed by atoms with Crippen LogP contribution in [0.3, 0.4) is 0 Å². The van der Waals surface area contributed by atoms with Crippen molar-refractivity contribution in [3.63, 3.8) is 0 Å². The van der Waals surface area contributed by atoms with Gasteiger partial charge in [-0.1, -0.05) is 81.0 Å². The topological polar surface area (TPSA) is 37.3 Å². The summed E-state index contributed by atoms with van der Waals surface area (Å²) in [5.41, 5.74) is 0. The highest BCUT2D eigenvalue weighted by atomic mass is 16.4. The van der Waals surface area contributed by atoms with E-state index in [0.717, 1.165) is 51.4 Å². The molecule has 0 spiro atoms. The number of allylic oxidation sites excluding steroid dienone is 10. The molecule has 2 nitrogen and oxygen atoms in total. The molecule has 25 heavy (non-hydrogen) atoms. The van der Waals surface area contributed by atoms with Gasteiger partial charge < -0.3 is 5.11 Å². The number of rotatable bonds is 15. The predicted molar refractivity (Wildman–Crippen MR) is 110 cm³/mol. The first kappa shape index (κ1) is 23.2. The predicted octanol–water partition coefficient (Wildman–Crippen LogP) is 7.02. The van der Waals surface area contributed by atoms with Gasteiger partial charge in [-0.2, -0.15) is 0 Å². The summed E-state index contributed by atoms with van der Waals surface area (Å²) in [5, 5.41) is 9.07. The molecule has 0 rings (SSSR count). The Morgan fingerprint density at radius 3 is 1.72 bits per heavy atom. The third kappa shape index (κ3) is 16.8. The van der Waals surface area contributed by atoms with E-state index in [4.69, 9.17) is 5.11 Å². The SMILES string of the molecule is CC/C=C\C/C=C\C/C=C\C/C=C\CC/C=C/CC(CCC)C(=O)O. The van der Waals surface area contributed by atoms with Crippen LogP contribution >= 0.6 is 0 Å². The monoisotopic (exact) mass is 344 g/mol. The molecule has 140 valence electrons. The van der Waals surface area contributed by atoms with E-state index < -0.39 is 5.97 Å². The molecule has 0 saturated carbocycles. The lowest BCUT2D eigenvalue weighted by atomic mass is 10.00. The maximum atomic E-state index is 11.0. The Morgan fingerprint density at radius 1 is 0.760 bits per heavy atom. The van der Waals surface area contributed by atoms with Gasteiger partial charge in [-0.25, -0.2) is 0 Å². The van der Waals surface area contributed by atoms with E-state index in [-0.39, 0.29) is 5.92 Å². The first-order chi connectivity index (χ1) is 12.2. The zero-order valence-electron chi connectivity index (χ0n) is 16.1. The molecule has 0 aromatic rings. The Bertz CT molecular complexity index is 453. The van der Waals surface area contributed by atoms with E-state index >= 15 is 0 Å². The van der Waals surface area contributed by atoms with Crippen LogP contribution in [0.25, 0.3) is 0 Å². The molecule has 0 aromatic heterocycles. The van der Waals surface area contributed by atoms with Gasteiger partial charge in [-0.3, -0.25) is 4.79 Å². The van der Waals surface area contributed by atoms with Crippen molar-refractivity contribution in [2.45, 2.75) is 71.6 Å². The highest BCUT2D eigenvalue weighted by molar-refractivity contribution is 5.70. The second kappa shape index (κ2) is 18.5. The molecule has 1 N–H and O–H groups in total. The number of carboxylic acid groups (broad SMARTS) is 1.